The average Bonchev–Trinajstić information content (AvgIpc) is 3.07. The third kappa shape index (κ3) is 4.63. The molecule has 0 unspecified atom stereocenters. The van der Waals surface area contributed by atoms with E-state index in [2.05, 4.69) is 9.80 Å². The average molecular weight is 439 g/mol. The van der Waals surface area contributed by atoms with E-state index in [1.807, 2.05) is 35.8 Å². The summed E-state index contributed by atoms with van der Waals surface area (Å²) in [5.74, 6) is -0.192. The molecule has 1 saturated heterocycles. The number of halogens is 1. The SMILES string of the molecule is CCn1c(=O)n(CCCCN2CCN(c3ccc(F)cc3)CC2)c2ccc(C(C)=O)cc21. The number of fused-ring (bicyclic) bond motifs is 1. The van der Waals surface area contributed by atoms with Gasteiger partial charge in [0.25, 0.3) is 0 Å². The lowest BCUT2D eigenvalue weighted by molar-refractivity contribution is 0.101. The minimum atomic E-state index is -0.201. The van der Waals surface area contributed by atoms with Gasteiger partial charge in [0.2, 0.25) is 0 Å². The zero-order valence-corrected chi connectivity index (χ0v) is 18.9. The number of Topliss-reactive ketones (excluding diaryl/α,β-unsaturated/α-hetero) is 1. The fraction of sp³-hybridized carbons (Fsp3) is 0.440. The Balaban J connectivity index is 1.31. The van der Waals surface area contributed by atoms with Gasteiger partial charge in [-0.2, -0.15) is 0 Å². The standard InChI is InChI=1S/C25H31FN4O2/c1-3-29-24-18-20(19(2)31)6-11-23(24)30(25(29)32)13-5-4-12-27-14-16-28(17-15-27)22-9-7-21(26)8-10-22/h6-11,18H,3-5,12-17H2,1-2H3. The summed E-state index contributed by atoms with van der Waals surface area (Å²) in [6.07, 6.45) is 1.95. The van der Waals surface area contributed by atoms with Gasteiger partial charge in [0.1, 0.15) is 5.82 Å². The van der Waals surface area contributed by atoms with Crippen LogP contribution >= 0.6 is 0 Å². The van der Waals surface area contributed by atoms with E-state index in [9.17, 15) is 14.0 Å². The number of carbonyl (C=O) groups is 1. The molecule has 0 amide bonds. The van der Waals surface area contributed by atoms with Crippen LogP contribution in [0, 0.1) is 5.82 Å². The summed E-state index contributed by atoms with van der Waals surface area (Å²) in [6.45, 7) is 9.62. The second-order valence-electron chi connectivity index (χ2n) is 8.45. The molecule has 0 saturated carbocycles. The van der Waals surface area contributed by atoms with Crippen molar-refractivity contribution >= 4 is 22.5 Å². The number of piperazine rings is 1. The van der Waals surface area contributed by atoms with Crippen molar-refractivity contribution in [3.05, 3.63) is 64.3 Å². The van der Waals surface area contributed by atoms with E-state index in [1.54, 1.807) is 17.6 Å². The van der Waals surface area contributed by atoms with Crippen LogP contribution in [0.2, 0.25) is 0 Å². The number of hydrogen-bond acceptors (Lipinski definition) is 4. The number of aromatic nitrogens is 2. The fourth-order valence-electron chi connectivity index (χ4n) is 4.55. The molecule has 1 aliphatic rings. The molecule has 0 bridgehead atoms. The first-order valence-corrected chi connectivity index (χ1v) is 11.4. The Morgan fingerprint density at radius 1 is 0.906 bits per heavy atom. The van der Waals surface area contributed by atoms with Crippen LogP contribution in [0.5, 0.6) is 0 Å². The molecule has 7 heteroatoms. The Labute approximate surface area is 187 Å². The van der Waals surface area contributed by atoms with Gasteiger partial charge in [-0.25, -0.2) is 9.18 Å². The molecule has 3 aromatic rings. The molecule has 4 rings (SSSR count). The van der Waals surface area contributed by atoms with Crippen molar-refractivity contribution in [2.45, 2.75) is 39.8 Å². The van der Waals surface area contributed by atoms with Crippen LogP contribution in [-0.4, -0.2) is 52.5 Å². The molecule has 1 fully saturated rings. The van der Waals surface area contributed by atoms with Gasteiger partial charge in [0.05, 0.1) is 11.0 Å². The van der Waals surface area contributed by atoms with Crippen molar-refractivity contribution in [2.75, 3.05) is 37.6 Å². The number of carbonyl (C=O) groups excluding carboxylic acids is 1. The molecule has 2 aromatic carbocycles. The highest BCUT2D eigenvalue weighted by Gasteiger charge is 2.17. The zero-order chi connectivity index (χ0) is 22.7. The second kappa shape index (κ2) is 9.69. The number of aryl methyl sites for hydroxylation is 2. The molecule has 32 heavy (non-hydrogen) atoms. The Morgan fingerprint density at radius 2 is 1.59 bits per heavy atom. The quantitative estimate of drug-likeness (QED) is 0.397. The molecule has 0 spiro atoms. The summed E-state index contributed by atoms with van der Waals surface area (Å²) in [6, 6.07) is 12.2. The topological polar surface area (TPSA) is 50.5 Å². The first-order valence-electron chi connectivity index (χ1n) is 11.4. The highest BCUT2D eigenvalue weighted by Crippen LogP contribution is 2.18. The van der Waals surface area contributed by atoms with Crippen molar-refractivity contribution in [3.8, 4) is 0 Å². The van der Waals surface area contributed by atoms with Crippen LogP contribution in [0.4, 0.5) is 10.1 Å². The predicted octanol–water partition coefficient (Wildman–Crippen LogP) is 3.77. The predicted molar refractivity (Wildman–Crippen MR) is 126 cm³/mol. The van der Waals surface area contributed by atoms with E-state index in [4.69, 9.17) is 0 Å². The monoisotopic (exact) mass is 438 g/mol. The summed E-state index contributed by atoms with van der Waals surface area (Å²) >= 11 is 0. The maximum absolute atomic E-state index is 13.1. The zero-order valence-electron chi connectivity index (χ0n) is 18.9. The maximum atomic E-state index is 13.1. The van der Waals surface area contributed by atoms with Crippen LogP contribution in [0.3, 0.4) is 0 Å². The van der Waals surface area contributed by atoms with Crippen LogP contribution in [0.1, 0.15) is 37.0 Å². The Bertz CT molecular complexity index is 1140. The summed E-state index contributed by atoms with van der Waals surface area (Å²) in [5.41, 5.74) is 3.44. The number of rotatable bonds is 8. The molecule has 0 radical (unpaired) electrons. The van der Waals surface area contributed by atoms with Gasteiger partial charge in [-0.3, -0.25) is 18.8 Å². The van der Waals surface area contributed by atoms with E-state index in [0.29, 0.717) is 18.7 Å². The first-order chi connectivity index (χ1) is 15.5. The van der Waals surface area contributed by atoms with Gasteiger partial charge < -0.3 is 4.90 Å². The molecular weight excluding hydrogens is 407 g/mol. The minimum Gasteiger partial charge on any atom is -0.369 e. The molecular formula is C25H31FN4O2. The van der Waals surface area contributed by atoms with Gasteiger partial charge in [-0.05, 0) is 75.7 Å². The van der Waals surface area contributed by atoms with Crippen molar-refractivity contribution in [1.82, 2.24) is 14.0 Å². The summed E-state index contributed by atoms with van der Waals surface area (Å²) in [4.78, 5) is 29.4. The number of hydrogen-bond donors (Lipinski definition) is 0. The molecule has 1 aromatic heterocycles. The number of benzene rings is 2. The summed E-state index contributed by atoms with van der Waals surface area (Å²) in [7, 11) is 0. The third-order valence-electron chi connectivity index (χ3n) is 6.41. The van der Waals surface area contributed by atoms with Crippen molar-refractivity contribution in [1.29, 1.82) is 0 Å². The Hall–Kier alpha value is -2.93. The van der Waals surface area contributed by atoms with Gasteiger partial charge >= 0.3 is 5.69 Å². The lowest BCUT2D eigenvalue weighted by atomic mass is 10.1. The Kier molecular flexibility index (Phi) is 6.74. The number of anilines is 1. The minimum absolute atomic E-state index is 0.00360. The highest BCUT2D eigenvalue weighted by atomic mass is 19.1. The summed E-state index contributed by atoms with van der Waals surface area (Å²) < 4.78 is 16.7. The van der Waals surface area contributed by atoms with Crippen molar-refractivity contribution in [2.24, 2.45) is 0 Å². The van der Waals surface area contributed by atoms with Gasteiger partial charge in [0.15, 0.2) is 5.78 Å². The van der Waals surface area contributed by atoms with E-state index >= 15 is 0 Å². The number of imidazole rings is 1. The van der Waals surface area contributed by atoms with E-state index in [1.165, 1.54) is 12.1 Å². The largest absolute Gasteiger partial charge is 0.369 e. The number of nitrogens with zero attached hydrogens (tertiary/aromatic N) is 4. The van der Waals surface area contributed by atoms with Crippen molar-refractivity contribution in [3.63, 3.8) is 0 Å². The molecule has 0 atom stereocenters. The molecule has 170 valence electrons. The molecule has 0 aliphatic carbocycles. The number of ketones is 1. The Morgan fingerprint density at radius 3 is 2.25 bits per heavy atom. The van der Waals surface area contributed by atoms with Crippen LogP contribution in [-0.2, 0) is 13.1 Å². The lowest BCUT2D eigenvalue weighted by Crippen LogP contribution is -2.46. The molecule has 0 N–H and O–H groups in total. The van der Waals surface area contributed by atoms with Crippen LogP contribution in [0.15, 0.2) is 47.3 Å². The molecule has 6 nitrogen and oxygen atoms in total. The summed E-state index contributed by atoms with van der Waals surface area (Å²) in [5, 5.41) is 0. The van der Waals surface area contributed by atoms with E-state index < -0.39 is 0 Å². The van der Waals surface area contributed by atoms with Gasteiger partial charge in [0, 0.05) is 50.5 Å². The fourth-order valence-corrected chi connectivity index (χ4v) is 4.55. The first kappa shape index (κ1) is 22.3. The van der Waals surface area contributed by atoms with Crippen LogP contribution in [0.25, 0.3) is 11.0 Å². The van der Waals surface area contributed by atoms with Crippen LogP contribution < -0.4 is 10.6 Å². The normalized spacial score (nSPS) is 14.9. The van der Waals surface area contributed by atoms with Gasteiger partial charge in [-0.1, -0.05) is 0 Å². The third-order valence-corrected chi connectivity index (χ3v) is 6.41. The number of unbranched alkanes of at least 4 members (excludes halogenated alkanes) is 1. The van der Waals surface area contributed by atoms with Crippen molar-refractivity contribution < 1.29 is 9.18 Å². The van der Waals surface area contributed by atoms with E-state index in [0.717, 1.165) is 62.3 Å². The van der Waals surface area contributed by atoms with E-state index in [-0.39, 0.29) is 17.3 Å². The second-order valence-corrected chi connectivity index (χ2v) is 8.45. The van der Waals surface area contributed by atoms with Gasteiger partial charge in [-0.15, -0.1) is 0 Å². The highest BCUT2D eigenvalue weighted by molar-refractivity contribution is 5.97. The smallest absolute Gasteiger partial charge is 0.329 e. The maximum Gasteiger partial charge on any atom is 0.329 e. The lowest BCUT2D eigenvalue weighted by Gasteiger charge is -2.36. The molecule has 2 heterocycles. The molecule has 1 aliphatic heterocycles.